The number of benzene rings is 1. The lowest BCUT2D eigenvalue weighted by Gasteiger charge is -2.33. The third-order valence-corrected chi connectivity index (χ3v) is 2.98. The molecule has 16 heavy (non-hydrogen) atoms. The highest BCUT2D eigenvalue weighted by Crippen LogP contribution is 2.16. The van der Waals surface area contributed by atoms with Crippen molar-refractivity contribution in [2.24, 2.45) is 5.73 Å². The van der Waals surface area contributed by atoms with Crippen LogP contribution >= 0.6 is 15.9 Å². The van der Waals surface area contributed by atoms with E-state index < -0.39 is 0 Å². The lowest BCUT2D eigenvalue weighted by Crippen LogP contribution is -2.55. The Bertz CT molecular complexity index is 324. The highest BCUT2D eigenvalue weighted by Gasteiger charge is 2.23. The van der Waals surface area contributed by atoms with E-state index in [4.69, 9.17) is 5.73 Å². The average molecular weight is 286 g/mol. The van der Waals surface area contributed by atoms with Gasteiger partial charge in [0.2, 0.25) is 0 Å². The number of hydrogen-bond acceptors (Lipinski definition) is 3. The summed E-state index contributed by atoms with van der Waals surface area (Å²) < 4.78 is 1.10. The fourth-order valence-corrected chi connectivity index (χ4v) is 2.01. The topological polar surface area (TPSA) is 41.3 Å². The van der Waals surface area contributed by atoms with Crippen molar-refractivity contribution in [2.45, 2.75) is 18.9 Å². The van der Waals surface area contributed by atoms with Crippen LogP contribution in [0.25, 0.3) is 0 Å². The van der Waals surface area contributed by atoms with E-state index in [-0.39, 0.29) is 5.54 Å². The quantitative estimate of drug-likeness (QED) is 0.811. The normalized spacial score (nSPS) is 15.1. The molecule has 90 valence electrons. The van der Waals surface area contributed by atoms with E-state index in [2.05, 4.69) is 52.5 Å². The smallest absolute Gasteiger partial charge is 0.0459 e. The summed E-state index contributed by atoms with van der Waals surface area (Å²) in [7, 11) is 3.96. The zero-order valence-electron chi connectivity index (χ0n) is 10.1. The summed E-state index contributed by atoms with van der Waals surface area (Å²) in [6.45, 7) is 2.73. The maximum absolute atomic E-state index is 5.83. The van der Waals surface area contributed by atoms with Crippen LogP contribution in [-0.2, 0) is 6.42 Å². The van der Waals surface area contributed by atoms with Gasteiger partial charge in [0, 0.05) is 30.7 Å². The van der Waals surface area contributed by atoms with Crippen LogP contribution in [0.3, 0.4) is 0 Å². The first-order valence-electron chi connectivity index (χ1n) is 5.35. The molecule has 0 bridgehead atoms. The lowest BCUT2D eigenvalue weighted by molar-refractivity contribution is 0.175. The number of hydrogen-bond donors (Lipinski definition) is 2. The van der Waals surface area contributed by atoms with Crippen LogP contribution in [0.15, 0.2) is 28.7 Å². The van der Waals surface area contributed by atoms with Crippen molar-refractivity contribution >= 4 is 15.9 Å². The molecule has 0 fully saturated rings. The highest BCUT2D eigenvalue weighted by atomic mass is 79.9. The first-order valence-corrected chi connectivity index (χ1v) is 6.14. The van der Waals surface area contributed by atoms with Gasteiger partial charge >= 0.3 is 0 Å². The largest absolute Gasteiger partial charge is 0.329 e. The molecule has 0 saturated carbocycles. The summed E-state index contributed by atoms with van der Waals surface area (Å²) in [4.78, 5) is 0. The second-order valence-corrected chi connectivity index (χ2v) is 5.49. The molecule has 1 atom stereocenters. The Hall–Kier alpha value is -0.420. The van der Waals surface area contributed by atoms with E-state index in [1.807, 2.05) is 19.1 Å². The fourth-order valence-electron chi connectivity index (χ4n) is 1.75. The average Bonchev–Trinajstić information content (AvgIpc) is 2.20. The Balaban J connectivity index is 2.72. The molecule has 3 nitrogen and oxygen atoms in total. The number of nitrogens with zero attached hydrogens (tertiary/aromatic N) is 1. The summed E-state index contributed by atoms with van der Waals surface area (Å²) in [5.41, 5.74) is 10.4. The van der Waals surface area contributed by atoms with Crippen molar-refractivity contribution in [1.29, 1.82) is 0 Å². The maximum atomic E-state index is 5.83. The second kappa shape index (κ2) is 5.77. The van der Waals surface area contributed by atoms with Gasteiger partial charge in [-0.1, -0.05) is 28.1 Å². The molecule has 0 aliphatic carbocycles. The predicted octanol–water partition coefficient (Wildman–Crippen LogP) is 1.78. The number of rotatable bonds is 5. The molecule has 0 aliphatic heterocycles. The first kappa shape index (κ1) is 13.6. The van der Waals surface area contributed by atoms with E-state index in [0.29, 0.717) is 6.54 Å². The van der Waals surface area contributed by atoms with Gasteiger partial charge in [0.15, 0.2) is 0 Å². The van der Waals surface area contributed by atoms with Crippen molar-refractivity contribution in [3.63, 3.8) is 0 Å². The zero-order valence-corrected chi connectivity index (χ0v) is 11.7. The number of nitrogens with one attached hydrogen (secondary N) is 1. The second-order valence-electron chi connectivity index (χ2n) is 4.57. The minimum absolute atomic E-state index is 0.0999. The van der Waals surface area contributed by atoms with E-state index >= 15 is 0 Å². The van der Waals surface area contributed by atoms with Crippen molar-refractivity contribution < 1.29 is 0 Å². The molecule has 1 unspecified atom stereocenters. The van der Waals surface area contributed by atoms with E-state index in [9.17, 15) is 0 Å². The van der Waals surface area contributed by atoms with Crippen LogP contribution < -0.4 is 11.2 Å². The Morgan fingerprint density at radius 2 is 1.88 bits per heavy atom. The predicted molar refractivity (Wildman–Crippen MR) is 72.1 cm³/mol. The summed E-state index contributed by atoms with van der Waals surface area (Å²) in [6.07, 6.45) is 0.912. The van der Waals surface area contributed by atoms with Gasteiger partial charge in [-0.05, 0) is 31.0 Å². The molecule has 0 saturated heterocycles. The van der Waals surface area contributed by atoms with Crippen molar-refractivity contribution in [1.82, 2.24) is 10.4 Å². The Morgan fingerprint density at radius 3 is 2.31 bits per heavy atom. The van der Waals surface area contributed by atoms with E-state index in [1.165, 1.54) is 5.56 Å². The molecule has 0 radical (unpaired) electrons. The monoisotopic (exact) mass is 285 g/mol. The third-order valence-electron chi connectivity index (χ3n) is 2.45. The summed E-state index contributed by atoms with van der Waals surface area (Å²) in [5.74, 6) is 0. The maximum Gasteiger partial charge on any atom is 0.0459 e. The molecule has 4 heteroatoms. The number of nitrogens with two attached hydrogens (primary N) is 1. The molecule has 0 amide bonds. The molecule has 1 aromatic rings. The molecule has 0 aromatic heterocycles. The molecule has 1 aromatic carbocycles. The molecule has 1 rings (SSSR count). The fraction of sp³-hybridized carbons (Fsp3) is 0.500. The van der Waals surface area contributed by atoms with E-state index in [0.717, 1.165) is 10.9 Å². The SMILES string of the molecule is CN(C)NC(C)(CN)Cc1ccc(Br)cc1. The molecular weight excluding hydrogens is 266 g/mol. The van der Waals surface area contributed by atoms with Crippen molar-refractivity contribution in [3.8, 4) is 0 Å². The van der Waals surface area contributed by atoms with Gasteiger partial charge in [0.25, 0.3) is 0 Å². The summed E-state index contributed by atoms with van der Waals surface area (Å²) in [6, 6.07) is 8.36. The Kier molecular flexibility index (Phi) is 4.92. The van der Waals surface area contributed by atoms with Crippen LogP contribution in [0.2, 0.25) is 0 Å². The number of halogens is 1. The molecule has 0 heterocycles. The Morgan fingerprint density at radius 1 is 1.31 bits per heavy atom. The van der Waals surface area contributed by atoms with Crippen LogP contribution in [0, 0.1) is 0 Å². The third kappa shape index (κ3) is 4.22. The standard InChI is InChI=1S/C12H20BrN3/c1-12(9-14,15-16(2)3)8-10-4-6-11(13)7-5-10/h4-7,15H,8-9,14H2,1-3H3. The lowest BCUT2D eigenvalue weighted by atomic mass is 9.94. The minimum Gasteiger partial charge on any atom is -0.329 e. The van der Waals surface area contributed by atoms with Gasteiger partial charge in [-0.25, -0.2) is 5.43 Å². The molecule has 0 spiro atoms. The van der Waals surface area contributed by atoms with Crippen LogP contribution in [0.1, 0.15) is 12.5 Å². The summed E-state index contributed by atoms with van der Waals surface area (Å²) in [5, 5.41) is 1.95. The zero-order chi connectivity index (χ0) is 12.2. The van der Waals surface area contributed by atoms with Crippen LogP contribution in [-0.4, -0.2) is 31.2 Å². The highest BCUT2D eigenvalue weighted by molar-refractivity contribution is 9.10. The van der Waals surface area contributed by atoms with Crippen LogP contribution in [0.5, 0.6) is 0 Å². The number of hydrazine groups is 1. The van der Waals surface area contributed by atoms with E-state index in [1.54, 1.807) is 0 Å². The van der Waals surface area contributed by atoms with Crippen molar-refractivity contribution in [2.75, 3.05) is 20.6 Å². The summed E-state index contributed by atoms with van der Waals surface area (Å²) >= 11 is 3.43. The first-order chi connectivity index (χ1) is 7.45. The van der Waals surface area contributed by atoms with Gasteiger partial charge in [0.1, 0.15) is 0 Å². The molecule has 0 aliphatic rings. The van der Waals surface area contributed by atoms with Gasteiger partial charge < -0.3 is 5.73 Å². The van der Waals surface area contributed by atoms with Gasteiger partial charge in [-0.3, -0.25) is 5.01 Å². The molecule has 3 N–H and O–H groups in total. The van der Waals surface area contributed by atoms with Crippen LogP contribution in [0.4, 0.5) is 0 Å². The molecular formula is C12H20BrN3. The van der Waals surface area contributed by atoms with Crippen molar-refractivity contribution in [3.05, 3.63) is 34.3 Å². The van der Waals surface area contributed by atoms with Gasteiger partial charge in [-0.2, -0.15) is 0 Å². The van der Waals surface area contributed by atoms with Gasteiger partial charge in [0.05, 0.1) is 0 Å². The van der Waals surface area contributed by atoms with Gasteiger partial charge in [-0.15, -0.1) is 0 Å². The Labute approximate surface area is 106 Å². The minimum atomic E-state index is -0.0999.